The Kier molecular flexibility index (Phi) is 10.3. The standard InChI is InChI=1S/C23H30N2O4/c1-2-3-6-17-29-23(27)14-13-21(26)19-9-11-20(12-10-19)28-18-7-16-25-22-8-4-5-15-24-22/h4-5,8-12,15H,2-3,6-7,13-14,16-18H2,1H3,(H,24,25). The van der Waals surface area contributed by atoms with Crippen LogP contribution in [-0.4, -0.2) is 36.5 Å². The third kappa shape index (κ3) is 9.23. The lowest BCUT2D eigenvalue weighted by molar-refractivity contribution is -0.143. The van der Waals surface area contributed by atoms with Crippen molar-refractivity contribution in [2.24, 2.45) is 0 Å². The molecule has 1 heterocycles. The molecule has 0 aliphatic rings. The van der Waals surface area contributed by atoms with E-state index in [2.05, 4.69) is 17.2 Å². The summed E-state index contributed by atoms with van der Waals surface area (Å²) in [6.07, 6.45) is 5.85. The summed E-state index contributed by atoms with van der Waals surface area (Å²) in [5, 5.41) is 3.22. The first-order valence-electron chi connectivity index (χ1n) is 10.3. The normalized spacial score (nSPS) is 10.4. The van der Waals surface area contributed by atoms with Crippen LogP contribution in [0.25, 0.3) is 0 Å². The predicted octanol–water partition coefficient (Wildman–Crippen LogP) is 4.66. The largest absolute Gasteiger partial charge is 0.494 e. The Morgan fingerprint density at radius 1 is 0.966 bits per heavy atom. The van der Waals surface area contributed by atoms with Crippen molar-refractivity contribution in [1.82, 2.24) is 4.98 Å². The van der Waals surface area contributed by atoms with E-state index in [0.29, 0.717) is 18.8 Å². The minimum absolute atomic E-state index is 0.0679. The van der Waals surface area contributed by atoms with Gasteiger partial charge in [0.2, 0.25) is 0 Å². The van der Waals surface area contributed by atoms with Gasteiger partial charge in [0.1, 0.15) is 11.6 Å². The van der Waals surface area contributed by atoms with Crippen molar-refractivity contribution in [3.63, 3.8) is 0 Å². The van der Waals surface area contributed by atoms with Gasteiger partial charge in [-0.1, -0.05) is 25.8 Å². The summed E-state index contributed by atoms with van der Waals surface area (Å²) < 4.78 is 10.8. The molecule has 0 radical (unpaired) electrons. The number of benzene rings is 1. The average molecular weight is 399 g/mol. The molecule has 0 amide bonds. The fourth-order valence-electron chi connectivity index (χ4n) is 2.65. The highest BCUT2D eigenvalue weighted by Crippen LogP contribution is 2.14. The number of anilines is 1. The zero-order valence-electron chi connectivity index (χ0n) is 17.1. The number of ether oxygens (including phenoxy) is 2. The fraction of sp³-hybridized carbons (Fsp3) is 0.435. The first-order valence-corrected chi connectivity index (χ1v) is 10.3. The molecule has 29 heavy (non-hydrogen) atoms. The van der Waals surface area contributed by atoms with E-state index >= 15 is 0 Å². The maximum absolute atomic E-state index is 12.2. The van der Waals surface area contributed by atoms with Crippen LogP contribution >= 0.6 is 0 Å². The van der Waals surface area contributed by atoms with E-state index in [9.17, 15) is 9.59 Å². The third-order valence-electron chi connectivity index (χ3n) is 4.30. The van der Waals surface area contributed by atoms with Crippen LogP contribution in [0.5, 0.6) is 5.75 Å². The van der Waals surface area contributed by atoms with Gasteiger partial charge in [-0.3, -0.25) is 9.59 Å². The number of nitrogens with one attached hydrogen (secondary N) is 1. The van der Waals surface area contributed by atoms with E-state index in [1.54, 1.807) is 30.5 Å². The van der Waals surface area contributed by atoms with Gasteiger partial charge in [0.05, 0.1) is 19.6 Å². The van der Waals surface area contributed by atoms with Gasteiger partial charge in [-0.05, 0) is 49.2 Å². The van der Waals surface area contributed by atoms with Gasteiger partial charge in [0.25, 0.3) is 0 Å². The van der Waals surface area contributed by atoms with Crippen molar-refractivity contribution >= 4 is 17.6 Å². The lowest BCUT2D eigenvalue weighted by atomic mass is 10.1. The molecule has 0 spiro atoms. The van der Waals surface area contributed by atoms with Crippen LogP contribution in [0.1, 0.15) is 55.8 Å². The molecule has 0 saturated carbocycles. The van der Waals surface area contributed by atoms with Crippen molar-refractivity contribution < 1.29 is 19.1 Å². The number of rotatable bonds is 14. The first-order chi connectivity index (χ1) is 14.2. The summed E-state index contributed by atoms with van der Waals surface area (Å²) in [7, 11) is 0. The number of hydrogen-bond acceptors (Lipinski definition) is 6. The summed E-state index contributed by atoms with van der Waals surface area (Å²) in [5.41, 5.74) is 0.577. The van der Waals surface area contributed by atoms with Crippen LogP contribution in [0.2, 0.25) is 0 Å². The molecule has 1 aromatic heterocycles. The Hall–Kier alpha value is -2.89. The van der Waals surface area contributed by atoms with Crippen LogP contribution in [0.3, 0.4) is 0 Å². The average Bonchev–Trinajstić information content (AvgIpc) is 2.76. The second-order valence-corrected chi connectivity index (χ2v) is 6.72. The van der Waals surface area contributed by atoms with Gasteiger partial charge < -0.3 is 14.8 Å². The fourth-order valence-corrected chi connectivity index (χ4v) is 2.65. The van der Waals surface area contributed by atoms with E-state index < -0.39 is 0 Å². The highest BCUT2D eigenvalue weighted by atomic mass is 16.5. The number of Topliss-reactive ketones (excluding diaryl/α,β-unsaturated/α-hetero) is 1. The van der Waals surface area contributed by atoms with Crippen molar-refractivity contribution in [3.8, 4) is 5.75 Å². The van der Waals surface area contributed by atoms with Crippen LogP contribution in [0.4, 0.5) is 5.82 Å². The molecule has 2 aromatic rings. The van der Waals surface area contributed by atoms with Gasteiger partial charge in [0.15, 0.2) is 5.78 Å². The summed E-state index contributed by atoms with van der Waals surface area (Å²) in [6.45, 7) is 3.86. The lowest BCUT2D eigenvalue weighted by Crippen LogP contribution is -2.09. The van der Waals surface area contributed by atoms with Gasteiger partial charge in [0, 0.05) is 24.7 Å². The number of esters is 1. The molecule has 0 unspecified atom stereocenters. The molecule has 1 aromatic carbocycles. The molecular weight excluding hydrogens is 368 g/mol. The van der Waals surface area contributed by atoms with Crippen LogP contribution < -0.4 is 10.1 Å². The van der Waals surface area contributed by atoms with E-state index in [4.69, 9.17) is 9.47 Å². The third-order valence-corrected chi connectivity index (χ3v) is 4.30. The zero-order valence-corrected chi connectivity index (χ0v) is 17.1. The molecule has 0 atom stereocenters. The topological polar surface area (TPSA) is 77.5 Å². The molecule has 0 fully saturated rings. The Balaban J connectivity index is 1.61. The first kappa shape index (κ1) is 22.4. The van der Waals surface area contributed by atoms with E-state index in [-0.39, 0.29) is 24.6 Å². The highest BCUT2D eigenvalue weighted by Gasteiger charge is 2.10. The number of pyridine rings is 1. The van der Waals surface area contributed by atoms with Crippen molar-refractivity contribution in [2.75, 3.05) is 25.1 Å². The van der Waals surface area contributed by atoms with Gasteiger partial charge >= 0.3 is 5.97 Å². The maximum Gasteiger partial charge on any atom is 0.306 e. The molecule has 0 bridgehead atoms. The zero-order chi connectivity index (χ0) is 20.7. The quantitative estimate of drug-likeness (QED) is 0.283. The Morgan fingerprint density at radius 3 is 2.52 bits per heavy atom. The van der Waals surface area contributed by atoms with E-state index in [1.807, 2.05) is 18.2 Å². The summed E-state index contributed by atoms with van der Waals surface area (Å²) in [5.74, 6) is 1.19. The van der Waals surface area contributed by atoms with Crippen LogP contribution in [0, 0.1) is 0 Å². The highest BCUT2D eigenvalue weighted by molar-refractivity contribution is 5.97. The maximum atomic E-state index is 12.2. The van der Waals surface area contributed by atoms with E-state index in [1.165, 1.54) is 0 Å². The number of ketones is 1. The lowest BCUT2D eigenvalue weighted by Gasteiger charge is -2.08. The second kappa shape index (κ2) is 13.3. The summed E-state index contributed by atoms with van der Waals surface area (Å²) in [6, 6.07) is 12.8. The number of aromatic nitrogens is 1. The predicted molar refractivity (Wildman–Crippen MR) is 113 cm³/mol. The molecule has 0 aliphatic heterocycles. The van der Waals surface area contributed by atoms with Crippen molar-refractivity contribution in [2.45, 2.75) is 45.4 Å². The number of carbonyl (C=O) groups excluding carboxylic acids is 2. The Morgan fingerprint density at radius 2 is 1.79 bits per heavy atom. The minimum Gasteiger partial charge on any atom is -0.494 e. The smallest absolute Gasteiger partial charge is 0.306 e. The van der Waals surface area contributed by atoms with Gasteiger partial charge in [-0.25, -0.2) is 4.98 Å². The Bertz CT molecular complexity index is 732. The minimum atomic E-state index is -0.311. The van der Waals surface area contributed by atoms with Gasteiger partial charge in [-0.15, -0.1) is 0 Å². The Labute approximate surface area is 172 Å². The number of unbranched alkanes of at least 4 members (excludes halogenated alkanes) is 2. The SMILES string of the molecule is CCCCCOC(=O)CCC(=O)c1ccc(OCCCNc2ccccn2)cc1. The molecule has 2 rings (SSSR count). The van der Waals surface area contributed by atoms with Crippen LogP contribution in [-0.2, 0) is 9.53 Å². The van der Waals surface area contributed by atoms with Gasteiger partial charge in [-0.2, -0.15) is 0 Å². The molecule has 0 saturated heterocycles. The second-order valence-electron chi connectivity index (χ2n) is 6.72. The molecule has 6 nitrogen and oxygen atoms in total. The molecule has 6 heteroatoms. The monoisotopic (exact) mass is 398 g/mol. The number of carbonyl (C=O) groups is 2. The van der Waals surface area contributed by atoms with Crippen molar-refractivity contribution in [1.29, 1.82) is 0 Å². The molecular formula is C23H30N2O4. The van der Waals surface area contributed by atoms with Crippen molar-refractivity contribution in [3.05, 3.63) is 54.2 Å². The molecule has 156 valence electrons. The van der Waals surface area contributed by atoms with Crippen LogP contribution in [0.15, 0.2) is 48.7 Å². The molecule has 0 aliphatic carbocycles. The summed E-state index contributed by atoms with van der Waals surface area (Å²) >= 11 is 0. The molecule has 1 N–H and O–H groups in total. The number of hydrogen-bond donors (Lipinski definition) is 1. The van der Waals surface area contributed by atoms with E-state index in [0.717, 1.165) is 43.8 Å². The number of nitrogens with zero attached hydrogens (tertiary/aromatic N) is 1. The summed E-state index contributed by atoms with van der Waals surface area (Å²) in [4.78, 5) is 28.1.